The van der Waals surface area contributed by atoms with Gasteiger partial charge in [0.05, 0.1) is 19.2 Å². The number of rotatable bonds is 5. The summed E-state index contributed by atoms with van der Waals surface area (Å²) in [5, 5.41) is 6.25. The first-order valence-electron chi connectivity index (χ1n) is 9.41. The molecule has 3 aromatic carbocycles. The van der Waals surface area contributed by atoms with E-state index in [1.165, 1.54) is 7.11 Å². The third-order valence-corrected chi connectivity index (χ3v) is 4.49. The van der Waals surface area contributed by atoms with Gasteiger partial charge in [0.1, 0.15) is 17.2 Å². The first kappa shape index (κ1) is 19.7. The molecule has 0 saturated heterocycles. The minimum atomic E-state index is -0.333. The molecule has 0 saturated carbocycles. The molecule has 4 rings (SSSR count). The highest BCUT2D eigenvalue weighted by molar-refractivity contribution is 5.99. The number of nitrogens with one attached hydrogen (secondary N) is 2. The lowest BCUT2D eigenvalue weighted by Gasteiger charge is -2.12. The van der Waals surface area contributed by atoms with Gasteiger partial charge in [-0.05, 0) is 54.6 Å². The van der Waals surface area contributed by atoms with Crippen LogP contribution in [0.1, 0.15) is 0 Å². The summed E-state index contributed by atoms with van der Waals surface area (Å²) >= 11 is 0. The van der Waals surface area contributed by atoms with Crippen LogP contribution in [0.5, 0.6) is 17.2 Å². The zero-order valence-electron chi connectivity index (χ0n) is 16.6. The van der Waals surface area contributed by atoms with Gasteiger partial charge < -0.3 is 20.1 Å². The molecule has 0 unspecified atom stereocenters. The molecule has 7 heteroatoms. The van der Waals surface area contributed by atoms with Crippen LogP contribution in [-0.4, -0.2) is 18.1 Å². The summed E-state index contributed by atoms with van der Waals surface area (Å²) in [4.78, 5) is 20.0. The van der Waals surface area contributed by atoms with Crippen molar-refractivity contribution in [1.82, 2.24) is 4.98 Å². The van der Waals surface area contributed by atoms with E-state index in [1.54, 1.807) is 48.7 Å². The monoisotopic (exact) mass is 410 g/mol. The van der Waals surface area contributed by atoms with E-state index >= 15 is 0 Å². The summed E-state index contributed by atoms with van der Waals surface area (Å²) < 4.78 is 11.3. The molecule has 1 aromatic heterocycles. The summed E-state index contributed by atoms with van der Waals surface area (Å²) in [7, 11) is 1.52. The van der Waals surface area contributed by atoms with E-state index in [-0.39, 0.29) is 6.03 Å². The van der Waals surface area contributed by atoms with Gasteiger partial charge in [-0.25, -0.2) is 9.64 Å². The van der Waals surface area contributed by atoms with E-state index in [0.29, 0.717) is 45.2 Å². The summed E-state index contributed by atoms with van der Waals surface area (Å²) in [5.74, 6) is 1.62. The SMILES string of the molecule is [C-]#[N+]c1cc2c(Oc3ccc(NC(=O)Nc4ccccc4)cc3)ccnc2cc1OC. The topological polar surface area (TPSA) is 76.8 Å². The van der Waals surface area contributed by atoms with Crippen molar-refractivity contribution in [2.75, 3.05) is 17.7 Å². The number of hydrogen-bond acceptors (Lipinski definition) is 4. The maximum absolute atomic E-state index is 12.1. The van der Waals surface area contributed by atoms with Crippen molar-refractivity contribution in [3.8, 4) is 17.2 Å². The Kier molecular flexibility index (Phi) is 5.63. The molecule has 0 aliphatic rings. The van der Waals surface area contributed by atoms with Crippen LogP contribution >= 0.6 is 0 Å². The number of nitrogens with zero attached hydrogens (tertiary/aromatic N) is 2. The standard InChI is InChI=1S/C24H18N4O3/c1-25-21-14-19-20(15-23(21)30-2)26-13-12-22(19)31-18-10-8-17(9-11-18)28-24(29)27-16-6-4-3-5-7-16/h3-15H,2H3,(H2,27,28,29). The van der Waals surface area contributed by atoms with Crippen LogP contribution < -0.4 is 20.1 Å². The van der Waals surface area contributed by atoms with Crippen molar-refractivity contribution >= 4 is 34.0 Å². The number of para-hydroxylation sites is 1. The third-order valence-electron chi connectivity index (χ3n) is 4.49. The number of hydrogen-bond donors (Lipinski definition) is 2. The second kappa shape index (κ2) is 8.84. The second-order valence-electron chi connectivity index (χ2n) is 6.53. The third kappa shape index (κ3) is 4.54. The first-order valence-corrected chi connectivity index (χ1v) is 9.41. The Labute approximate surface area is 179 Å². The van der Waals surface area contributed by atoms with Crippen molar-refractivity contribution in [1.29, 1.82) is 0 Å². The van der Waals surface area contributed by atoms with Gasteiger partial charge in [0.25, 0.3) is 0 Å². The molecular formula is C24H18N4O3. The van der Waals surface area contributed by atoms with Crippen molar-refractivity contribution in [3.05, 3.63) is 90.4 Å². The normalized spacial score (nSPS) is 10.2. The van der Waals surface area contributed by atoms with Crippen LogP contribution in [0.15, 0.2) is 79.0 Å². The molecule has 2 N–H and O–H groups in total. The van der Waals surface area contributed by atoms with Gasteiger partial charge in [-0.15, -0.1) is 0 Å². The highest BCUT2D eigenvalue weighted by Crippen LogP contribution is 2.37. The average Bonchev–Trinajstić information content (AvgIpc) is 2.80. The molecule has 0 radical (unpaired) electrons. The number of carbonyl (C=O) groups excluding carboxylic acids is 1. The van der Waals surface area contributed by atoms with Crippen molar-refractivity contribution in [2.24, 2.45) is 0 Å². The fourth-order valence-corrected chi connectivity index (χ4v) is 3.02. The van der Waals surface area contributed by atoms with E-state index in [2.05, 4.69) is 20.5 Å². The number of urea groups is 1. The van der Waals surface area contributed by atoms with Gasteiger partial charge in [0.2, 0.25) is 5.69 Å². The van der Waals surface area contributed by atoms with Crippen LogP contribution in [0.3, 0.4) is 0 Å². The van der Waals surface area contributed by atoms with E-state index in [1.807, 2.05) is 30.3 Å². The fourth-order valence-electron chi connectivity index (χ4n) is 3.02. The Morgan fingerprint density at radius 1 is 0.935 bits per heavy atom. The van der Waals surface area contributed by atoms with Gasteiger partial charge in [-0.2, -0.15) is 0 Å². The maximum atomic E-state index is 12.1. The number of fused-ring (bicyclic) bond motifs is 1. The molecule has 2 amide bonds. The molecule has 7 nitrogen and oxygen atoms in total. The van der Waals surface area contributed by atoms with Gasteiger partial charge in [-0.3, -0.25) is 4.98 Å². The van der Waals surface area contributed by atoms with E-state index in [0.717, 1.165) is 0 Å². The van der Waals surface area contributed by atoms with Crippen LogP contribution in [0, 0.1) is 6.57 Å². The van der Waals surface area contributed by atoms with Crippen LogP contribution in [0.4, 0.5) is 21.9 Å². The Bertz CT molecular complexity index is 1270. The Morgan fingerprint density at radius 2 is 1.65 bits per heavy atom. The van der Waals surface area contributed by atoms with E-state index < -0.39 is 0 Å². The van der Waals surface area contributed by atoms with Gasteiger partial charge in [0, 0.05) is 23.0 Å². The fraction of sp³-hybridized carbons (Fsp3) is 0.0417. The predicted octanol–water partition coefficient (Wildman–Crippen LogP) is 6.23. The van der Waals surface area contributed by atoms with Crippen LogP contribution in [0.25, 0.3) is 15.7 Å². The summed E-state index contributed by atoms with van der Waals surface area (Å²) in [6.45, 7) is 7.35. The van der Waals surface area contributed by atoms with Gasteiger partial charge >= 0.3 is 6.03 Å². The largest absolute Gasteiger partial charge is 0.508 e. The molecular weight excluding hydrogens is 392 g/mol. The number of benzene rings is 3. The average molecular weight is 410 g/mol. The van der Waals surface area contributed by atoms with Crippen molar-refractivity contribution in [2.45, 2.75) is 0 Å². The number of amides is 2. The molecule has 4 aromatic rings. The smallest absolute Gasteiger partial charge is 0.323 e. The number of carbonyl (C=O) groups is 1. The molecule has 0 aliphatic carbocycles. The Hall–Kier alpha value is -4.57. The molecule has 0 fully saturated rings. The molecule has 152 valence electrons. The number of methoxy groups -OCH3 is 1. The minimum absolute atomic E-state index is 0.333. The molecule has 1 heterocycles. The predicted molar refractivity (Wildman–Crippen MR) is 120 cm³/mol. The highest BCUT2D eigenvalue weighted by atomic mass is 16.5. The van der Waals surface area contributed by atoms with Crippen molar-refractivity contribution in [3.63, 3.8) is 0 Å². The first-order chi connectivity index (χ1) is 15.2. The number of aromatic nitrogens is 1. The lowest BCUT2D eigenvalue weighted by Crippen LogP contribution is -2.19. The summed E-state index contributed by atoms with van der Waals surface area (Å²) in [6.07, 6.45) is 1.64. The second-order valence-corrected chi connectivity index (χ2v) is 6.53. The van der Waals surface area contributed by atoms with Gasteiger partial charge in [-0.1, -0.05) is 18.2 Å². The molecule has 0 aliphatic heterocycles. The Balaban J connectivity index is 1.49. The summed E-state index contributed by atoms with van der Waals surface area (Å²) in [5.41, 5.74) is 2.38. The molecule has 0 atom stereocenters. The maximum Gasteiger partial charge on any atom is 0.323 e. The number of pyridine rings is 1. The molecule has 31 heavy (non-hydrogen) atoms. The zero-order valence-corrected chi connectivity index (χ0v) is 16.6. The molecule has 0 bridgehead atoms. The summed E-state index contributed by atoms with van der Waals surface area (Å²) in [6, 6.07) is 21.0. The highest BCUT2D eigenvalue weighted by Gasteiger charge is 2.11. The van der Waals surface area contributed by atoms with Gasteiger partial charge in [0.15, 0.2) is 0 Å². The minimum Gasteiger partial charge on any atom is -0.508 e. The zero-order chi connectivity index (χ0) is 21.6. The van der Waals surface area contributed by atoms with E-state index in [4.69, 9.17) is 16.0 Å². The van der Waals surface area contributed by atoms with Crippen molar-refractivity contribution < 1.29 is 14.3 Å². The van der Waals surface area contributed by atoms with Crippen LogP contribution in [-0.2, 0) is 0 Å². The molecule has 0 spiro atoms. The number of ether oxygens (including phenoxy) is 2. The number of anilines is 2. The van der Waals surface area contributed by atoms with Crippen LogP contribution in [0.2, 0.25) is 0 Å². The van der Waals surface area contributed by atoms with E-state index in [9.17, 15) is 4.79 Å². The lowest BCUT2D eigenvalue weighted by molar-refractivity contribution is 0.262. The Morgan fingerprint density at radius 3 is 2.32 bits per heavy atom. The lowest BCUT2D eigenvalue weighted by atomic mass is 10.1. The quantitative estimate of drug-likeness (QED) is 0.382.